The Bertz CT molecular complexity index is 2770. The molecule has 0 heterocycles. The molecule has 0 saturated carbocycles. The average molecular weight is 763 g/mol. The molecule has 0 saturated heterocycles. The lowest BCUT2D eigenvalue weighted by Crippen LogP contribution is -2.37. The van der Waals surface area contributed by atoms with Crippen LogP contribution in [0.1, 0.15) is 0 Å². The number of para-hydroxylation sites is 1. The maximum Gasteiger partial charge on any atom is 0.0775 e. The van der Waals surface area contributed by atoms with E-state index in [1.165, 1.54) is 49.3 Å². The highest BCUT2D eigenvalue weighted by molar-refractivity contribution is 6.88. The molecule has 0 aliphatic rings. The number of hydrogen-bond donors (Lipinski definition) is 0. The van der Waals surface area contributed by atoms with Gasteiger partial charge in [-0.1, -0.05) is 176 Å². The molecule has 58 heavy (non-hydrogen) atoms. The molecule has 0 amide bonds. The van der Waals surface area contributed by atoms with E-state index >= 15 is 0 Å². The molecule has 2 nitrogen and oxygen atoms in total. The number of benzene rings is 9. The van der Waals surface area contributed by atoms with Crippen molar-refractivity contribution in [3.05, 3.63) is 224 Å². The van der Waals surface area contributed by atoms with Gasteiger partial charge in [0.2, 0.25) is 0 Å². The first-order valence-corrected chi connectivity index (χ1v) is 23.6. The monoisotopic (exact) mass is 762 g/mol. The van der Waals surface area contributed by atoms with Crippen LogP contribution >= 0.6 is 0 Å². The van der Waals surface area contributed by atoms with Crippen LogP contribution in [-0.2, 0) is 0 Å². The van der Waals surface area contributed by atoms with Gasteiger partial charge in [0.05, 0.1) is 8.07 Å². The molecule has 0 aromatic heterocycles. The van der Waals surface area contributed by atoms with Crippen LogP contribution < -0.4 is 15.0 Å². The van der Waals surface area contributed by atoms with E-state index < -0.39 is 8.07 Å². The highest BCUT2D eigenvalue weighted by atomic mass is 28.3. The molecule has 9 aromatic carbocycles. The zero-order valence-corrected chi connectivity index (χ0v) is 34.3. The number of anilines is 6. The summed E-state index contributed by atoms with van der Waals surface area (Å²) in [5.74, 6) is 0. The molecule has 9 aromatic rings. The lowest BCUT2D eigenvalue weighted by atomic mass is 9.99. The van der Waals surface area contributed by atoms with E-state index in [4.69, 9.17) is 0 Å². The van der Waals surface area contributed by atoms with Crippen molar-refractivity contribution in [3.63, 3.8) is 0 Å². The fourth-order valence-electron chi connectivity index (χ4n) is 7.81. The van der Waals surface area contributed by atoms with Gasteiger partial charge in [-0.2, -0.15) is 0 Å². The zero-order chi connectivity index (χ0) is 39.5. The summed E-state index contributed by atoms with van der Waals surface area (Å²) in [6, 6.07) is 81.3. The molecule has 0 N–H and O–H groups in total. The van der Waals surface area contributed by atoms with E-state index in [9.17, 15) is 0 Å². The van der Waals surface area contributed by atoms with Crippen LogP contribution in [0.5, 0.6) is 0 Å². The molecule has 0 spiro atoms. The minimum absolute atomic E-state index is 1.12. The SMILES string of the molecule is C[Si](C)(C)c1ccc(N(c2ccc(-c3ccc(-c4ccc(N(c5ccccc5)c5ccc6ccccc6c5)cc4)cc3)cc2)c2cccc(-c3ccccc3)c2)cc1. The fraction of sp³-hybridized carbons (Fsp3) is 0.0545. The van der Waals surface area contributed by atoms with Crippen LogP contribution in [0.15, 0.2) is 224 Å². The summed E-state index contributed by atoms with van der Waals surface area (Å²) < 4.78 is 0. The molecule has 0 unspecified atom stereocenters. The van der Waals surface area contributed by atoms with Crippen molar-refractivity contribution in [2.24, 2.45) is 0 Å². The molecule has 280 valence electrons. The normalized spacial score (nSPS) is 11.4. The summed E-state index contributed by atoms with van der Waals surface area (Å²) in [6.07, 6.45) is 0. The standard InChI is InChI=1S/C55H46N2Si/c1-58(2,3)55-37-35-52(36-38-55)57(53-20-12-17-48(39-53)41-13-6-4-7-14-41)51-32-27-46(28-33-51)44-23-21-43(22-24-44)45-25-30-50(31-26-45)56(49-18-8-5-9-19-49)54-34-29-42-15-10-11-16-47(42)40-54/h4-40H,1-3H3. The van der Waals surface area contributed by atoms with E-state index in [-0.39, 0.29) is 0 Å². The fourth-order valence-corrected chi connectivity index (χ4v) is 8.98. The van der Waals surface area contributed by atoms with Crippen molar-refractivity contribution in [1.82, 2.24) is 0 Å². The van der Waals surface area contributed by atoms with Gasteiger partial charge >= 0.3 is 0 Å². The Morgan fingerprint density at radius 2 is 0.621 bits per heavy atom. The third-order valence-electron chi connectivity index (χ3n) is 11.0. The van der Waals surface area contributed by atoms with Crippen molar-refractivity contribution in [1.29, 1.82) is 0 Å². The van der Waals surface area contributed by atoms with Crippen LogP contribution in [0.3, 0.4) is 0 Å². The van der Waals surface area contributed by atoms with Crippen LogP contribution in [0.25, 0.3) is 44.2 Å². The van der Waals surface area contributed by atoms with Crippen molar-refractivity contribution in [2.45, 2.75) is 19.6 Å². The van der Waals surface area contributed by atoms with Crippen LogP contribution in [-0.4, -0.2) is 8.07 Å². The molecule has 0 radical (unpaired) electrons. The van der Waals surface area contributed by atoms with Gasteiger partial charge in [0.25, 0.3) is 0 Å². The van der Waals surface area contributed by atoms with Gasteiger partial charge in [0, 0.05) is 34.1 Å². The van der Waals surface area contributed by atoms with Gasteiger partial charge in [0.1, 0.15) is 0 Å². The van der Waals surface area contributed by atoms with E-state index in [0.29, 0.717) is 0 Å². The molecule has 9 rings (SSSR count). The van der Waals surface area contributed by atoms with Gasteiger partial charge in [0.15, 0.2) is 0 Å². The summed E-state index contributed by atoms with van der Waals surface area (Å²) in [7, 11) is -1.43. The van der Waals surface area contributed by atoms with Crippen molar-refractivity contribution in [3.8, 4) is 33.4 Å². The summed E-state index contributed by atoms with van der Waals surface area (Å²) in [5, 5.41) is 3.92. The quantitative estimate of drug-likeness (QED) is 0.128. The number of rotatable bonds is 10. The Morgan fingerprint density at radius 1 is 0.259 bits per heavy atom. The Kier molecular flexibility index (Phi) is 10.1. The molecule has 0 fully saturated rings. The predicted molar refractivity (Wildman–Crippen MR) is 253 cm³/mol. The number of fused-ring (bicyclic) bond motifs is 1. The number of nitrogens with zero attached hydrogens (tertiary/aromatic N) is 2. The zero-order valence-electron chi connectivity index (χ0n) is 33.3. The number of hydrogen-bond acceptors (Lipinski definition) is 2. The van der Waals surface area contributed by atoms with Gasteiger partial charge in [-0.25, -0.2) is 0 Å². The third kappa shape index (κ3) is 7.73. The molecule has 0 aliphatic heterocycles. The molecule has 0 atom stereocenters. The third-order valence-corrected chi connectivity index (χ3v) is 13.1. The topological polar surface area (TPSA) is 6.48 Å². The smallest absolute Gasteiger partial charge is 0.0775 e. The van der Waals surface area contributed by atoms with Crippen LogP contribution in [0.4, 0.5) is 34.1 Å². The Balaban J connectivity index is 0.985. The molecule has 0 aliphatic carbocycles. The van der Waals surface area contributed by atoms with E-state index in [1.54, 1.807) is 0 Å². The van der Waals surface area contributed by atoms with Crippen molar-refractivity contribution in [2.75, 3.05) is 9.80 Å². The van der Waals surface area contributed by atoms with E-state index in [0.717, 1.165) is 34.1 Å². The van der Waals surface area contributed by atoms with Crippen LogP contribution in [0.2, 0.25) is 19.6 Å². The average Bonchev–Trinajstić information content (AvgIpc) is 3.28. The Hall–Kier alpha value is -6.94. The Morgan fingerprint density at radius 3 is 1.16 bits per heavy atom. The van der Waals surface area contributed by atoms with E-state index in [2.05, 4.69) is 254 Å². The van der Waals surface area contributed by atoms with Gasteiger partial charge < -0.3 is 9.80 Å². The molecular formula is C55H46N2Si. The lowest BCUT2D eigenvalue weighted by molar-refractivity contribution is 1.28. The molecule has 0 bridgehead atoms. The van der Waals surface area contributed by atoms with Crippen molar-refractivity contribution < 1.29 is 0 Å². The highest BCUT2D eigenvalue weighted by Crippen LogP contribution is 2.39. The first-order chi connectivity index (χ1) is 28.4. The predicted octanol–water partition coefficient (Wildman–Crippen LogP) is 15.3. The minimum Gasteiger partial charge on any atom is -0.310 e. The first-order valence-electron chi connectivity index (χ1n) is 20.1. The van der Waals surface area contributed by atoms with Crippen LogP contribution in [0, 0.1) is 0 Å². The second-order valence-electron chi connectivity index (χ2n) is 15.9. The van der Waals surface area contributed by atoms with E-state index in [1.807, 2.05) is 0 Å². The van der Waals surface area contributed by atoms with Gasteiger partial charge in [-0.05, 0) is 117 Å². The Labute approximate surface area is 344 Å². The second-order valence-corrected chi connectivity index (χ2v) is 21.0. The summed E-state index contributed by atoms with van der Waals surface area (Å²) >= 11 is 0. The molecular weight excluding hydrogens is 717 g/mol. The maximum atomic E-state index is 2.40. The maximum absolute atomic E-state index is 2.40. The summed E-state index contributed by atoms with van der Waals surface area (Å²) in [5.41, 5.74) is 14.0. The van der Waals surface area contributed by atoms with Crippen molar-refractivity contribution >= 4 is 58.2 Å². The first kappa shape index (κ1) is 36.7. The highest BCUT2D eigenvalue weighted by Gasteiger charge is 2.19. The second kappa shape index (κ2) is 15.9. The van der Waals surface area contributed by atoms with Gasteiger partial charge in [-0.3, -0.25) is 0 Å². The largest absolute Gasteiger partial charge is 0.310 e. The minimum atomic E-state index is -1.43. The summed E-state index contributed by atoms with van der Waals surface area (Å²) in [6.45, 7) is 7.20. The summed E-state index contributed by atoms with van der Waals surface area (Å²) in [4.78, 5) is 4.70. The van der Waals surface area contributed by atoms with Gasteiger partial charge in [-0.15, -0.1) is 0 Å². The lowest BCUT2D eigenvalue weighted by Gasteiger charge is -2.27. The molecule has 3 heteroatoms.